The maximum Gasteiger partial charge on any atom is 0.411 e. The van der Waals surface area contributed by atoms with Gasteiger partial charge in [-0.3, -0.25) is 14.2 Å². The number of rotatable bonds is 7. The van der Waals surface area contributed by atoms with Crippen LogP contribution < -0.4 is 21.5 Å². The van der Waals surface area contributed by atoms with Crippen LogP contribution in [-0.4, -0.2) is 73.5 Å². The highest BCUT2D eigenvalue weighted by Crippen LogP contribution is 2.33. The third-order valence-electron chi connectivity index (χ3n) is 7.97. The number of nitrogens with one attached hydrogen (secondary N) is 1. The van der Waals surface area contributed by atoms with Crippen LogP contribution in [0.15, 0.2) is 46.2 Å². The predicted octanol–water partition coefficient (Wildman–Crippen LogP) is 2.18. The maximum atomic E-state index is 15.1. The number of nitrogens with zero attached hydrogens (tertiary/aromatic N) is 5. The molecule has 1 aromatic carbocycles. The maximum absolute atomic E-state index is 15.1. The monoisotopic (exact) mass is 650 g/mol. The van der Waals surface area contributed by atoms with Crippen molar-refractivity contribution in [2.75, 3.05) is 24.7 Å². The molecule has 1 amide bonds. The number of alkyl halides is 3. The Balaban J connectivity index is 1.44. The number of anilines is 1. The van der Waals surface area contributed by atoms with Crippen LogP contribution in [-0.2, 0) is 30.0 Å². The van der Waals surface area contributed by atoms with Gasteiger partial charge >= 0.3 is 17.8 Å². The lowest BCUT2D eigenvalue weighted by Crippen LogP contribution is -2.53. The topological polar surface area (TPSA) is 140 Å². The van der Waals surface area contributed by atoms with Gasteiger partial charge in [-0.25, -0.2) is 23.4 Å². The first-order valence-corrected chi connectivity index (χ1v) is 13.8. The number of pyridine rings is 1. The molecule has 46 heavy (non-hydrogen) atoms. The van der Waals surface area contributed by atoms with E-state index in [9.17, 15) is 37.5 Å². The highest BCUT2D eigenvalue weighted by atomic mass is 19.4. The lowest BCUT2D eigenvalue weighted by Gasteiger charge is -2.38. The summed E-state index contributed by atoms with van der Waals surface area (Å²) < 4.78 is 79.2. The molecule has 0 bridgehead atoms. The van der Waals surface area contributed by atoms with Crippen LogP contribution in [0.25, 0.3) is 16.8 Å². The number of aromatic nitrogens is 4. The number of hydrogen-bond acceptors (Lipinski definition) is 7. The third kappa shape index (κ3) is 5.73. The Labute approximate surface area is 256 Å². The lowest BCUT2D eigenvalue weighted by atomic mass is 10.0. The quantitative estimate of drug-likeness (QED) is 0.290. The van der Waals surface area contributed by atoms with Gasteiger partial charge in [-0.15, -0.1) is 0 Å². The van der Waals surface area contributed by atoms with Crippen LogP contribution in [0.1, 0.15) is 21.7 Å². The predicted molar refractivity (Wildman–Crippen MR) is 153 cm³/mol. The smallest absolute Gasteiger partial charge is 0.411 e. The molecule has 12 nitrogen and oxygen atoms in total. The second kappa shape index (κ2) is 12.0. The van der Waals surface area contributed by atoms with Crippen LogP contribution in [0.3, 0.4) is 0 Å². The van der Waals surface area contributed by atoms with E-state index in [-0.39, 0.29) is 30.1 Å². The standard InChI is InChI=1S/C29H27F5N6O6/c1-14-22(26(42)38(3)28(45)37(14)2)17-5-4-15(40-7-6-35-24(17)40)12-20(27(43)44)36-25(41)23-18(30)10-16(11-19(23)31)39-8-9-46-13-21(39)29(32,33)34/h4-7,10-11,20-21H,8-9,12-13H2,1-3H3,(H,36,41)(H,43,44). The zero-order valence-corrected chi connectivity index (χ0v) is 24.6. The summed E-state index contributed by atoms with van der Waals surface area (Å²) >= 11 is 0. The van der Waals surface area contributed by atoms with Crippen molar-refractivity contribution < 1.29 is 41.4 Å². The number of hydrogen-bond donors (Lipinski definition) is 2. The number of aliphatic carboxylic acids is 1. The summed E-state index contributed by atoms with van der Waals surface area (Å²) in [4.78, 5) is 55.5. The molecule has 0 aliphatic carbocycles. The van der Waals surface area contributed by atoms with Crippen molar-refractivity contribution in [3.8, 4) is 11.1 Å². The Morgan fingerprint density at radius 2 is 1.80 bits per heavy atom. The molecule has 5 rings (SSSR count). The molecule has 17 heteroatoms. The van der Waals surface area contributed by atoms with Crippen molar-refractivity contribution in [1.82, 2.24) is 23.8 Å². The number of carbonyl (C=O) groups excluding carboxylic acids is 1. The molecule has 1 aliphatic heterocycles. The van der Waals surface area contributed by atoms with Crippen LogP contribution in [0.5, 0.6) is 0 Å². The molecule has 0 saturated carbocycles. The van der Waals surface area contributed by atoms with Gasteiger partial charge in [0.05, 0.1) is 18.8 Å². The van der Waals surface area contributed by atoms with E-state index in [4.69, 9.17) is 4.74 Å². The van der Waals surface area contributed by atoms with E-state index in [0.29, 0.717) is 23.4 Å². The number of imidazole rings is 1. The second-order valence-corrected chi connectivity index (χ2v) is 10.7. The number of carboxylic acid groups (broad SMARTS) is 1. The minimum atomic E-state index is -4.76. The van der Waals surface area contributed by atoms with Gasteiger partial charge in [0.15, 0.2) is 0 Å². The molecular formula is C29H27F5N6O6. The zero-order chi connectivity index (χ0) is 33.7. The average molecular weight is 651 g/mol. The molecule has 4 heterocycles. The number of morpholine rings is 1. The van der Waals surface area contributed by atoms with Crippen LogP contribution in [0.4, 0.5) is 27.6 Å². The fourth-order valence-electron chi connectivity index (χ4n) is 5.45. The highest BCUT2D eigenvalue weighted by molar-refractivity contribution is 5.97. The number of benzene rings is 1. The molecule has 3 aromatic heterocycles. The largest absolute Gasteiger partial charge is 0.480 e. The molecule has 2 atom stereocenters. The van der Waals surface area contributed by atoms with E-state index in [1.165, 1.54) is 47.6 Å². The molecule has 1 aliphatic rings. The Hall–Kier alpha value is -5.06. The lowest BCUT2D eigenvalue weighted by molar-refractivity contribution is -0.167. The first-order valence-electron chi connectivity index (χ1n) is 13.8. The van der Waals surface area contributed by atoms with Crippen molar-refractivity contribution in [1.29, 1.82) is 0 Å². The van der Waals surface area contributed by atoms with Crippen LogP contribution in [0, 0.1) is 18.6 Å². The summed E-state index contributed by atoms with van der Waals surface area (Å²) in [6.45, 7) is 0.405. The number of amides is 1. The highest BCUT2D eigenvalue weighted by Gasteiger charge is 2.46. The van der Waals surface area contributed by atoms with Gasteiger partial charge in [-0.05, 0) is 31.2 Å². The summed E-state index contributed by atoms with van der Waals surface area (Å²) in [5.74, 6) is -5.96. The number of ether oxygens (including phenoxy) is 1. The van der Waals surface area contributed by atoms with Gasteiger partial charge in [0.2, 0.25) is 0 Å². The van der Waals surface area contributed by atoms with E-state index in [2.05, 4.69) is 10.3 Å². The molecule has 0 radical (unpaired) electrons. The van der Waals surface area contributed by atoms with Crippen molar-refractivity contribution >= 4 is 23.2 Å². The van der Waals surface area contributed by atoms with E-state index >= 15 is 8.78 Å². The summed E-state index contributed by atoms with van der Waals surface area (Å²) in [5.41, 5.74) is -1.33. The van der Waals surface area contributed by atoms with E-state index < -0.39 is 77.3 Å². The van der Waals surface area contributed by atoms with Gasteiger partial charge in [0.1, 0.15) is 34.9 Å². The number of fused-ring (bicyclic) bond motifs is 1. The first-order chi connectivity index (χ1) is 21.6. The molecular weight excluding hydrogens is 623 g/mol. The third-order valence-corrected chi connectivity index (χ3v) is 7.97. The Morgan fingerprint density at radius 1 is 1.13 bits per heavy atom. The first kappa shape index (κ1) is 32.3. The molecule has 1 fully saturated rings. The SMILES string of the molecule is Cc1c(-c2ccc(CC(NC(=O)c3c(F)cc(N4CCOCC4C(F)(F)F)cc3F)C(=O)O)n3ccnc23)c(=O)n(C)c(=O)n1C. The molecule has 2 unspecified atom stereocenters. The summed E-state index contributed by atoms with van der Waals surface area (Å²) in [6, 6.07) is 0.261. The number of halogens is 5. The van der Waals surface area contributed by atoms with Crippen molar-refractivity contribution in [2.45, 2.75) is 31.6 Å². The van der Waals surface area contributed by atoms with Gasteiger partial charge in [-0.2, -0.15) is 13.2 Å². The molecule has 2 N–H and O–H groups in total. The van der Waals surface area contributed by atoms with Crippen molar-refractivity contribution in [3.05, 3.63) is 86.1 Å². The fraction of sp³-hybridized carbons (Fsp3) is 0.345. The molecule has 0 spiro atoms. The normalized spacial score (nSPS) is 16.1. The van der Waals surface area contributed by atoms with Gasteiger partial charge in [-0.1, -0.05) is 0 Å². The van der Waals surface area contributed by atoms with Gasteiger partial charge in [0.25, 0.3) is 11.5 Å². The van der Waals surface area contributed by atoms with E-state index in [1.807, 2.05) is 0 Å². The number of carboxylic acids is 1. The van der Waals surface area contributed by atoms with Crippen molar-refractivity contribution in [2.24, 2.45) is 14.1 Å². The second-order valence-electron chi connectivity index (χ2n) is 10.7. The summed E-state index contributed by atoms with van der Waals surface area (Å²) in [6.07, 6.45) is -2.29. The van der Waals surface area contributed by atoms with Crippen LogP contribution in [0.2, 0.25) is 0 Å². The zero-order valence-electron chi connectivity index (χ0n) is 24.6. The minimum absolute atomic E-state index is 0.120. The number of carbonyl (C=O) groups is 2. The van der Waals surface area contributed by atoms with E-state index in [1.54, 1.807) is 6.92 Å². The summed E-state index contributed by atoms with van der Waals surface area (Å²) in [7, 11) is 2.82. The Kier molecular flexibility index (Phi) is 8.46. The minimum Gasteiger partial charge on any atom is -0.480 e. The molecule has 4 aromatic rings. The molecule has 244 valence electrons. The fourth-order valence-corrected chi connectivity index (χ4v) is 5.45. The van der Waals surface area contributed by atoms with Gasteiger partial charge in [0, 0.05) is 62.1 Å². The van der Waals surface area contributed by atoms with Crippen LogP contribution >= 0.6 is 0 Å². The van der Waals surface area contributed by atoms with E-state index in [0.717, 1.165) is 9.47 Å². The Morgan fingerprint density at radius 3 is 2.43 bits per heavy atom. The Bertz CT molecular complexity index is 1960. The summed E-state index contributed by atoms with van der Waals surface area (Å²) in [5, 5.41) is 12.0. The van der Waals surface area contributed by atoms with Crippen molar-refractivity contribution in [3.63, 3.8) is 0 Å². The molecule has 1 saturated heterocycles. The average Bonchev–Trinajstić information content (AvgIpc) is 3.49. The van der Waals surface area contributed by atoms with Gasteiger partial charge < -0.3 is 29.0 Å².